The predicted molar refractivity (Wildman–Crippen MR) is 76.7 cm³/mol. The van der Waals surface area contributed by atoms with Crippen LogP contribution in [0, 0.1) is 5.41 Å². The second-order valence-corrected chi connectivity index (χ2v) is 7.17. The fraction of sp³-hybridized carbons (Fsp3) is 0.600. The van der Waals surface area contributed by atoms with Gasteiger partial charge in [-0.25, -0.2) is 14.6 Å². The number of fused-ring (bicyclic) bond motifs is 1. The molecule has 1 saturated heterocycles. The van der Waals surface area contributed by atoms with E-state index in [9.17, 15) is 0 Å². The molecule has 106 valence electrons. The van der Waals surface area contributed by atoms with E-state index in [1.54, 1.807) is 6.20 Å². The third-order valence-corrected chi connectivity index (χ3v) is 4.34. The molecule has 1 spiro atoms. The Balaban J connectivity index is 1.77. The van der Waals surface area contributed by atoms with Gasteiger partial charge in [-0.1, -0.05) is 20.8 Å². The molecule has 5 nitrogen and oxygen atoms in total. The van der Waals surface area contributed by atoms with Crippen molar-refractivity contribution in [3.8, 4) is 0 Å². The molecule has 3 heterocycles. The van der Waals surface area contributed by atoms with Gasteiger partial charge in [-0.2, -0.15) is 5.10 Å². The van der Waals surface area contributed by atoms with Crippen molar-refractivity contribution in [3.05, 3.63) is 24.2 Å². The standard InChI is InChI=1S/C15H20N4O/c1-14(2,3)12-8-11-13(16-6-7-18(11)17-12)19-9-15(4-5-15)10-20-19/h6-8H,4-5,9-10H2,1-3H3. The first-order valence-electron chi connectivity index (χ1n) is 7.22. The monoisotopic (exact) mass is 272 g/mol. The lowest BCUT2D eigenvalue weighted by Crippen LogP contribution is -2.20. The molecule has 2 aliphatic rings. The molecule has 2 aromatic heterocycles. The van der Waals surface area contributed by atoms with Gasteiger partial charge in [-0.15, -0.1) is 0 Å². The summed E-state index contributed by atoms with van der Waals surface area (Å²) in [6.07, 6.45) is 6.25. The highest BCUT2D eigenvalue weighted by Gasteiger charge is 2.50. The van der Waals surface area contributed by atoms with E-state index < -0.39 is 0 Å². The van der Waals surface area contributed by atoms with E-state index in [0.717, 1.165) is 30.2 Å². The highest BCUT2D eigenvalue weighted by Crippen LogP contribution is 2.50. The zero-order chi connectivity index (χ0) is 14.0. The van der Waals surface area contributed by atoms with Crippen LogP contribution >= 0.6 is 0 Å². The molecular weight excluding hydrogens is 252 g/mol. The molecule has 2 aromatic rings. The Bertz CT molecular complexity index is 666. The Labute approximate surface area is 118 Å². The molecule has 0 radical (unpaired) electrons. The number of nitrogens with zero attached hydrogens (tertiary/aromatic N) is 4. The quantitative estimate of drug-likeness (QED) is 0.800. The van der Waals surface area contributed by atoms with Crippen molar-refractivity contribution in [1.82, 2.24) is 14.6 Å². The zero-order valence-corrected chi connectivity index (χ0v) is 12.3. The van der Waals surface area contributed by atoms with Gasteiger partial charge in [-0.3, -0.25) is 4.84 Å². The molecule has 0 unspecified atom stereocenters. The molecule has 0 aromatic carbocycles. The minimum Gasteiger partial charge on any atom is -0.271 e. The van der Waals surface area contributed by atoms with E-state index in [1.807, 2.05) is 15.8 Å². The molecule has 20 heavy (non-hydrogen) atoms. The van der Waals surface area contributed by atoms with Gasteiger partial charge in [0.25, 0.3) is 0 Å². The molecule has 1 aliphatic carbocycles. The summed E-state index contributed by atoms with van der Waals surface area (Å²) in [5.41, 5.74) is 2.54. The molecule has 0 N–H and O–H groups in total. The summed E-state index contributed by atoms with van der Waals surface area (Å²) in [5, 5.41) is 6.62. The van der Waals surface area contributed by atoms with Crippen LogP contribution in [0.1, 0.15) is 39.3 Å². The van der Waals surface area contributed by atoms with Crippen molar-refractivity contribution in [2.45, 2.75) is 39.0 Å². The van der Waals surface area contributed by atoms with Crippen LogP contribution in [-0.2, 0) is 10.3 Å². The third kappa shape index (κ3) is 1.80. The van der Waals surface area contributed by atoms with Gasteiger partial charge in [0, 0.05) is 23.2 Å². The van der Waals surface area contributed by atoms with Crippen molar-refractivity contribution >= 4 is 11.3 Å². The molecule has 5 heteroatoms. The van der Waals surface area contributed by atoms with Crippen LogP contribution in [0.15, 0.2) is 18.5 Å². The molecule has 4 rings (SSSR count). The second kappa shape index (κ2) is 3.73. The van der Waals surface area contributed by atoms with Crippen molar-refractivity contribution in [3.63, 3.8) is 0 Å². The van der Waals surface area contributed by atoms with E-state index in [4.69, 9.17) is 4.84 Å². The minimum atomic E-state index is 0.0346. The predicted octanol–water partition coefficient (Wildman–Crippen LogP) is 2.56. The molecule has 2 fully saturated rings. The second-order valence-electron chi connectivity index (χ2n) is 7.17. The van der Waals surface area contributed by atoms with Crippen molar-refractivity contribution < 1.29 is 4.84 Å². The summed E-state index contributed by atoms with van der Waals surface area (Å²) in [7, 11) is 0. The molecule has 0 bridgehead atoms. The van der Waals surface area contributed by atoms with Gasteiger partial charge in [0.15, 0.2) is 5.82 Å². The molecule has 0 amide bonds. The number of hydrogen-bond acceptors (Lipinski definition) is 4. The number of anilines is 1. The summed E-state index contributed by atoms with van der Waals surface area (Å²) in [4.78, 5) is 10.4. The van der Waals surface area contributed by atoms with Crippen LogP contribution in [0.3, 0.4) is 0 Å². The number of rotatable bonds is 1. The maximum absolute atomic E-state index is 5.85. The number of aromatic nitrogens is 3. The molecular formula is C15H20N4O. The van der Waals surface area contributed by atoms with Crippen LogP contribution in [0.2, 0.25) is 0 Å². The summed E-state index contributed by atoms with van der Waals surface area (Å²) >= 11 is 0. The minimum absolute atomic E-state index is 0.0346. The Morgan fingerprint density at radius 3 is 2.75 bits per heavy atom. The smallest absolute Gasteiger partial charge is 0.178 e. The lowest BCUT2D eigenvalue weighted by Gasteiger charge is -2.15. The van der Waals surface area contributed by atoms with Gasteiger partial charge in [-0.05, 0) is 18.9 Å². The average molecular weight is 272 g/mol. The first-order chi connectivity index (χ1) is 9.47. The summed E-state index contributed by atoms with van der Waals surface area (Å²) < 4.78 is 1.91. The SMILES string of the molecule is CC(C)(C)c1cc2c(N3CC4(CC4)CO3)nccn2n1. The third-order valence-electron chi connectivity index (χ3n) is 4.34. The van der Waals surface area contributed by atoms with Crippen LogP contribution < -0.4 is 5.06 Å². The average Bonchev–Trinajstić information content (AvgIpc) is 2.84. The molecule has 1 aliphatic heterocycles. The maximum atomic E-state index is 5.85. The summed E-state index contributed by atoms with van der Waals surface area (Å²) in [5.74, 6) is 0.888. The first-order valence-corrected chi connectivity index (χ1v) is 7.22. The Morgan fingerprint density at radius 2 is 2.10 bits per heavy atom. The van der Waals surface area contributed by atoms with Gasteiger partial charge < -0.3 is 0 Å². The molecule has 0 atom stereocenters. The lowest BCUT2D eigenvalue weighted by molar-refractivity contribution is 0.153. The van der Waals surface area contributed by atoms with Crippen LogP contribution in [0.25, 0.3) is 5.52 Å². The van der Waals surface area contributed by atoms with E-state index in [2.05, 4.69) is 36.9 Å². The van der Waals surface area contributed by atoms with Crippen LogP contribution in [-0.4, -0.2) is 27.7 Å². The van der Waals surface area contributed by atoms with Crippen molar-refractivity contribution in [2.24, 2.45) is 5.41 Å². The largest absolute Gasteiger partial charge is 0.271 e. The van der Waals surface area contributed by atoms with Gasteiger partial charge in [0.2, 0.25) is 0 Å². The zero-order valence-electron chi connectivity index (χ0n) is 12.3. The van der Waals surface area contributed by atoms with Crippen molar-refractivity contribution in [1.29, 1.82) is 0 Å². The van der Waals surface area contributed by atoms with Gasteiger partial charge in [0.1, 0.15) is 5.52 Å². The highest BCUT2D eigenvalue weighted by molar-refractivity contribution is 5.68. The fourth-order valence-electron chi connectivity index (χ4n) is 2.69. The number of hydrogen-bond donors (Lipinski definition) is 0. The lowest BCUT2D eigenvalue weighted by atomic mass is 9.92. The highest BCUT2D eigenvalue weighted by atomic mass is 16.7. The van der Waals surface area contributed by atoms with E-state index in [0.29, 0.717) is 5.41 Å². The Morgan fingerprint density at radius 1 is 1.30 bits per heavy atom. The number of hydroxylamine groups is 1. The Kier molecular flexibility index (Phi) is 2.26. The fourth-order valence-corrected chi connectivity index (χ4v) is 2.69. The van der Waals surface area contributed by atoms with E-state index in [1.165, 1.54) is 12.8 Å². The van der Waals surface area contributed by atoms with Crippen LogP contribution in [0.4, 0.5) is 5.82 Å². The van der Waals surface area contributed by atoms with E-state index >= 15 is 0 Å². The summed E-state index contributed by atoms with van der Waals surface area (Å²) in [6.45, 7) is 8.31. The molecule has 1 saturated carbocycles. The van der Waals surface area contributed by atoms with E-state index in [-0.39, 0.29) is 5.41 Å². The summed E-state index contributed by atoms with van der Waals surface area (Å²) in [6, 6.07) is 2.13. The van der Waals surface area contributed by atoms with Crippen LogP contribution in [0.5, 0.6) is 0 Å². The van der Waals surface area contributed by atoms with Gasteiger partial charge >= 0.3 is 0 Å². The first kappa shape index (κ1) is 12.1. The van der Waals surface area contributed by atoms with Gasteiger partial charge in [0.05, 0.1) is 18.8 Å². The topological polar surface area (TPSA) is 42.7 Å². The maximum Gasteiger partial charge on any atom is 0.178 e. The Hall–Kier alpha value is -1.62. The normalized spacial score (nSPS) is 21.1. The van der Waals surface area contributed by atoms with Crippen molar-refractivity contribution in [2.75, 3.05) is 18.2 Å².